The van der Waals surface area contributed by atoms with Crippen LogP contribution in [0.5, 0.6) is 0 Å². The van der Waals surface area contributed by atoms with Gasteiger partial charge in [0.15, 0.2) is 0 Å². The second-order valence-corrected chi connectivity index (χ2v) is 30.1. The molecule has 0 fully saturated rings. The number of hydrogen-bond acceptors (Lipinski definition) is 6. The molecule has 7 aromatic carbocycles. The fraction of sp³-hybridized carbons (Fsp3) is 0.366. The van der Waals surface area contributed by atoms with Crippen LogP contribution < -0.4 is 4.98 Å². The molecule has 0 aliphatic carbocycles. The Labute approximate surface area is 700 Å². The molecule has 0 amide bonds. The molecular formula is C93H109Ir4N11-4. The molecule has 0 bridgehead atoms. The monoisotopic (exact) mass is 2150 g/mol. The molecule has 108 heavy (non-hydrogen) atoms. The Balaban J connectivity index is 0.000000255. The van der Waals surface area contributed by atoms with Crippen molar-refractivity contribution in [3.8, 4) is 73.9 Å². The van der Waals surface area contributed by atoms with Gasteiger partial charge in [-0.15, -0.1) is 101 Å². The molecule has 0 aliphatic rings. The second kappa shape index (κ2) is 41.5. The van der Waals surface area contributed by atoms with Crippen molar-refractivity contribution < 1.29 is 80.4 Å². The van der Waals surface area contributed by atoms with Gasteiger partial charge in [0, 0.05) is 92.8 Å². The van der Waals surface area contributed by atoms with Crippen molar-refractivity contribution in [2.24, 2.45) is 11.8 Å². The van der Waals surface area contributed by atoms with Crippen molar-refractivity contribution in [3.05, 3.63) is 270 Å². The fourth-order valence-electron chi connectivity index (χ4n) is 14.3. The molecule has 0 spiro atoms. The SMILES string of the molecule is CCc1c[c-]c(-c2cc(-c3c(C(C)C)cccc3C(C)C)ccn2)cc1C.Cc1cc(C)c(-n2cc(CC(C)C)nc2-c2ncc(CC(C)C)[n-]2)c(C)c1.Cc1cc(C)c(-n2nc(C)nc2-c2[c-]c(C(C)C)ccc2)c(C)c1.[C-]#[N+]c1c(CCCC)nc(-c2[c-]cccc2)n1-c1c(C)cc(C)cc1C.[Ir].[Ir].[Ir].[Ir]. The molecule has 576 valence electrons. The molecule has 0 saturated carbocycles. The van der Waals surface area contributed by atoms with E-state index >= 15 is 0 Å². The molecule has 11 nitrogen and oxygen atoms in total. The number of hydrogen-bond donors (Lipinski definition) is 0. The van der Waals surface area contributed by atoms with E-state index in [0.717, 1.165) is 130 Å². The van der Waals surface area contributed by atoms with Crippen LogP contribution in [0.15, 0.2) is 140 Å². The normalized spacial score (nSPS) is 10.9. The molecular weight excluding hydrogens is 2040 g/mol. The number of aromatic nitrogens is 10. The van der Waals surface area contributed by atoms with Crippen LogP contribution >= 0.6 is 0 Å². The fourth-order valence-corrected chi connectivity index (χ4v) is 14.3. The van der Waals surface area contributed by atoms with Crippen molar-refractivity contribution in [1.29, 1.82) is 0 Å². The second-order valence-electron chi connectivity index (χ2n) is 30.1. The van der Waals surface area contributed by atoms with Crippen LogP contribution in [0.3, 0.4) is 0 Å². The number of benzene rings is 7. The van der Waals surface area contributed by atoms with E-state index in [-0.39, 0.29) is 80.4 Å². The van der Waals surface area contributed by atoms with Gasteiger partial charge in [0.05, 0.1) is 28.6 Å². The number of pyridine rings is 1. The first-order valence-corrected chi connectivity index (χ1v) is 37.4. The van der Waals surface area contributed by atoms with Crippen molar-refractivity contribution in [2.75, 3.05) is 0 Å². The van der Waals surface area contributed by atoms with Crippen LogP contribution in [0.1, 0.15) is 214 Å². The summed E-state index contributed by atoms with van der Waals surface area (Å²) in [5.74, 6) is 7.13. The smallest absolute Gasteiger partial charge is 0.248 e. The average Bonchev–Trinajstić information content (AvgIpc) is 1.68. The topological polar surface area (TPSA) is 111 Å². The van der Waals surface area contributed by atoms with Crippen molar-refractivity contribution in [2.45, 2.75) is 216 Å². The van der Waals surface area contributed by atoms with Gasteiger partial charge >= 0.3 is 0 Å². The number of imidazole rings is 3. The molecule has 5 aromatic heterocycles. The van der Waals surface area contributed by atoms with Crippen molar-refractivity contribution >= 4 is 5.82 Å². The summed E-state index contributed by atoms with van der Waals surface area (Å²) in [6, 6.07) is 52.9. The van der Waals surface area contributed by atoms with Crippen LogP contribution in [0, 0.1) is 113 Å². The van der Waals surface area contributed by atoms with Gasteiger partial charge in [0.25, 0.3) is 0 Å². The summed E-state index contributed by atoms with van der Waals surface area (Å²) in [6.07, 6.45) is 11.9. The molecule has 0 unspecified atom stereocenters. The molecule has 12 rings (SSSR count). The van der Waals surface area contributed by atoms with E-state index < -0.39 is 0 Å². The third kappa shape index (κ3) is 22.4. The van der Waals surface area contributed by atoms with Crippen molar-refractivity contribution in [3.63, 3.8) is 0 Å². The van der Waals surface area contributed by atoms with Gasteiger partial charge in [-0.2, -0.15) is 5.10 Å². The average molecular weight is 2150 g/mol. The number of nitrogens with zero attached hydrogens (tertiary/aromatic N) is 11. The van der Waals surface area contributed by atoms with E-state index in [1.54, 1.807) is 0 Å². The minimum Gasteiger partial charge on any atom is -0.440 e. The zero-order valence-electron chi connectivity index (χ0n) is 67.7. The summed E-state index contributed by atoms with van der Waals surface area (Å²) >= 11 is 0. The van der Waals surface area contributed by atoms with Crippen molar-refractivity contribution in [1.82, 2.24) is 48.8 Å². The van der Waals surface area contributed by atoms with E-state index in [9.17, 15) is 0 Å². The quantitative estimate of drug-likeness (QED) is 0.0742. The van der Waals surface area contributed by atoms with Gasteiger partial charge < -0.3 is 19.8 Å². The molecule has 0 N–H and O–H groups in total. The molecule has 4 radical (unpaired) electrons. The van der Waals surface area contributed by atoms with Gasteiger partial charge in [-0.1, -0.05) is 204 Å². The standard InChI is InChI=1S/C26H30N.C23H31N4.C23H24N3.C21H24N3.4Ir/c1-7-20-11-12-21(15-19(20)6)25-16-22(13-14-27-25)26-23(17(2)3)9-8-10-24(26)18(4)5;1-14(2)8-19-12-24-22(25-19)23-26-20(9-15(3)4)13-27(23)21-17(6)10-16(5)11-18(21)7;1-6-7-13-20-23(24-5)26(21-17(3)14-16(2)15-18(21)4)22(25-20)19-11-9-8-10-12-19;1-13(2)18-8-7-9-19(12-18)21-22-17(6)23-24(21)20-15(4)10-14(3)11-16(20)5;;;;/h8-11,13-18H,7H2,1-6H3;10-15H,8-9H2,1-7H3;8-11,14-15H,6-7,13H2,1-4H3;7-11,13H,1-6H3;;;;/q4*-1;;;;. The van der Waals surface area contributed by atoms with Gasteiger partial charge in [-0.25, -0.2) is 4.98 Å². The van der Waals surface area contributed by atoms with E-state index in [1.807, 2.05) is 52.8 Å². The largest absolute Gasteiger partial charge is 0.440 e. The zero-order valence-corrected chi connectivity index (χ0v) is 77.2. The van der Waals surface area contributed by atoms with Gasteiger partial charge in [0.2, 0.25) is 5.82 Å². The third-order valence-electron chi connectivity index (χ3n) is 18.8. The third-order valence-corrected chi connectivity index (χ3v) is 18.8. The summed E-state index contributed by atoms with van der Waals surface area (Å²) in [6.45, 7) is 57.7. The minimum atomic E-state index is 0. The Kier molecular flexibility index (Phi) is 35.1. The summed E-state index contributed by atoms with van der Waals surface area (Å²) in [7, 11) is 0. The first-order chi connectivity index (χ1) is 49.6. The molecule has 0 atom stereocenters. The molecule has 15 heteroatoms. The van der Waals surface area contributed by atoms with E-state index in [1.165, 1.54) is 83.6 Å². The Hall–Kier alpha value is -7.45. The summed E-state index contributed by atoms with van der Waals surface area (Å²) in [5.41, 5.74) is 30.6. The number of rotatable bonds is 19. The van der Waals surface area contributed by atoms with E-state index in [2.05, 4.69) is 303 Å². The zero-order chi connectivity index (χ0) is 75.4. The Morgan fingerprint density at radius 3 is 1.64 bits per heavy atom. The van der Waals surface area contributed by atoms with Crippen LogP contribution in [-0.2, 0) is 106 Å². The number of aryl methyl sites for hydroxylation is 13. The summed E-state index contributed by atoms with van der Waals surface area (Å²) < 4.78 is 6.19. The maximum Gasteiger partial charge on any atom is 0.248 e. The summed E-state index contributed by atoms with van der Waals surface area (Å²) in [5, 5.41) is 4.67. The maximum atomic E-state index is 7.82. The predicted octanol–water partition coefficient (Wildman–Crippen LogP) is 23.8. The number of unbranched alkanes of at least 4 members (excludes halogenated alkanes) is 1. The van der Waals surface area contributed by atoms with E-state index in [0.29, 0.717) is 35.4 Å². The molecule has 0 saturated heterocycles. The van der Waals surface area contributed by atoms with Gasteiger partial charge in [-0.3, -0.25) is 23.8 Å². The summed E-state index contributed by atoms with van der Waals surface area (Å²) in [4.78, 5) is 32.4. The van der Waals surface area contributed by atoms with Crippen LogP contribution in [0.25, 0.3) is 78.7 Å². The maximum absolute atomic E-state index is 7.82. The Bertz CT molecular complexity index is 4880. The van der Waals surface area contributed by atoms with Gasteiger partial charge in [0.1, 0.15) is 23.2 Å². The van der Waals surface area contributed by atoms with Crippen LogP contribution in [0.2, 0.25) is 0 Å². The van der Waals surface area contributed by atoms with Crippen LogP contribution in [0.4, 0.5) is 5.82 Å². The van der Waals surface area contributed by atoms with E-state index in [4.69, 9.17) is 21.5 Å². The Morgan fingerprint density at radius 2 is 1.11 bits per heavy atom. The molecule has 12 aromatic rings. The molecule has 0 aliphatic heterocycles. The Morgan fingerprint density at radius 1 is 0.537 bits per heavy atom. The first-order valence-electron chi connectivity index (χ1n) is 37.4. The predicted molar refractivity (Wildman–Crippen MR) is 433 cm³/mol. The minimum absolute atomic E-state index is 0. The van der Waals surface area contributed by atoms with Gasteiger partial charge in [-0.05, 0) is 198 Å². The van der Waals surface area contributed by atoms with Crippen LogP contribution in [-0.4, -0.2) is 43.8 Å². The first kappa shape index (κ1) is 91.2. The molecule has 5 heterocycles.